The van der Waals surface area contributed by atoms with Crippen molar-refractivity contribution in [1.82, 2.24) is 9.80 Å². The SMILES string of the molecule is NS(=O)(=O)c1ccc(NC(=S)N2CCN(C/C=C/c3ccccc3)CC2)cc1. The van der Waals surface area contributed by atoms with Crippen LogP contribution in [0.15, 0.2) is 65.6 Å². The van der Waals surface area contributed by atoms with Gasteiger partial charge in [0.25, 0.3) is 0 Å². The minimum atomic E-state index is -3.68. The second-order valence-corrected chi connectivity index (χ2v) is 8.55. The highest BCUT2D eigenvalue weighted by Crippen LogP contribution is 2.14. The summed E-state index contributed by atoms with van der Waals surface area (Å²) in [6, 6.07) is 16.5. The van der Waals surface area contributed by atoms with Crippen molar-refractivity contribution in [3.8, 4) is 0 Å². The summed E-state index contributed by atoms with van der Waals surface area (Å²) in [5.41, 5.74) is 1.95. The number of piperazine rings is 1. The van der Waals surface area contributed by atoms with E-state index in [0.717, 1.165) is 38.4 Å². The van der Waals surface area contributed by atoms with Crippen molar-refractivity contribution < 1.29 is 8.42 Å². The summed E-state index contributed by atoms with van der Waals surface area (Å²) in [5.74, 6) is 0. The minimum Gasteiger partial charge on any atom is -0.346 e. The Kier molecular flexibility index (Phi) is 6.79. The van der Waals surface area contributed by atoms with Gasteiger partial charge in [0.15, 0.2) is 5.11 Å². The maximum Gasteiger partial charge on any atom is 0.238 e. The molecule has 3 rings (SSSR count). The number of anilines is 1. The van der Waals surface area contributed by atoms with Gasteiger partial charge in [-0.05, 0) is 42.0 Å². The molecule has 2 aromatic carbocycles. The Morgan fingerprint density at radius 3 is 2.29 bits per heavy atom. The molecule has 148 valence electrons. The predicted molar refractivity (Wildman–Crippen MR) is 118 cm³/mol. The van der Waals surface area contributed by atoms with E-state index in [9.17, 15) is 8.42 Å². The van der Waals surface area contributed by atoms with E-state index in [1.807, 2.05) is 18.2 Å². The number of hydrogen-bond acceptors (Lipinski definition) is 4. The summed E-state index contributed by atoms with van der Waals surface area (Å²) in [5, 5.41) is 8.91. The lowest BCUT2D eigenvalue weighted by atomic mass is 10.2. The van der Waals surface area contributed by atoms with Gasteiger partial charge >= 0.3 is 0 Å². The van der Waals surface area contributed by atoms with E-state index in [1.54, 1.807) is 12.1 Å². The van der Waals surface area contributed by atoms with Crippen molar-refractivity contribution in [3.63, 3.8) is 0 Å². The van der Waals surface area contributed by atoms with Gasteiger partial charge in [0.05, 0.1) is 4.90 Å². The molecule has 1 fully saturated rings. The number of nitrogens with two attached hydrogens (primary N) is 1. The number of nitrogens with one attached hydrogen (secondary N) is 1. The molecule has 1 aliphatic heterocycles. The third kappa shape index (κ3) is 5.87. The lowest BCUT2D eigenvalue weighted by Gasteiger charge is -2.35. The second-order valence-electron chi connectivity index (χ2n) is 6.60. The quantitative estimate of drug-likeness (QED) is 0.729. The molecule has 1 heterocycles. The first kappa shape index (κ1) is 20.5. The Morgan fingerprint density at radius 2 is 1.68 bits per heavy atom. The van der Waals surface area contributed by atoms with E-state index >= 15 is 0 Å². The van der Waals surface area contributed by atoms with Crippen LogP contribution in [0.5, 0.6) is 0 Å². The molecule has 0 spiro atoms. The summed E-state index contributed by atoms with van der Waals surface area (Å²) in [7, 11) is -3.68. The average Bonchev–Trinajstić information content (AvgIpc) is 2.69. The Labute approximate surface area is 171 Å². The largest absolute Gasteiger partial charge is 0.346 e. The van der Waals surface area contributed by atoms with E-state index < -0.39 is 10.0 Å². The molecule has 3 N–H and O–H groups in total. The lowest BCUT2D eigenvalue weighted by molar-refractivity contribution is 0.200. The Balaban J connectivity index is 1.45. The van der Waals surface area contributed by atoms with Crippen LogP contribution in [0.2, 0.25) is 0 Å². The van der Waals surface area contributed by atoms with Crippen molar-refractivity contribution in [2.24, 2.45) is 5.14 Å². The first-order valence-corrected chi connectivity index (χ1v) is 11.0. The number of benzene rings is 2. The minimum absolute atomic E-state index is 0.0844. The molecule has 0 atom stereocenters. The molecule has 1 aliphatic rings. The zero-order valence-corrected chi connectivity index (χ0v) is 17.1. The summed E-state index contributed by atoms with van der Waals surface area (Å²) in [4.78, 5) is 4.60. The monoisotopic (exact) mass is 416 g/mol. The summed E-state index contributed by atoms with van der Waals surface area (Å²) in [6.45, 7) is 4.48. The van der Waals surface area contributed by atoms with Gasteiger partial charge in [0.2, 0.25) is 10.0 Å². The molecule has 0 aromatic heterocycles. The van der Waals surface area contributed by atoms with Crippen LogP contribution in [-0.2, 0) is 10.0 Å². The maximum atomic E-state index is 11.3. The number of nitrogens with zero attached hydrogens (tertiary/aromatic N) is 2. The normalized spacial score (nSPS) is 15.7. The van der Waals surface area contributed by atoms with E-state index in [-0.39, 0.29) is 4.90 Å². The third-order valence-electron chi connectivity index (χ3n) is 4.57. The van der Waals surface area contributed by atoms with E-state index in [0.29, 0.717) is 5.11 Å². The highest BCUT2D eigenvalue weighted by molar-refractivity contribution is 7.89. The predicted octanol–water partition coefficient (Wildman–Crippen LogP) is 2.36. The maximum absolute atomic E-state index is 11.3. The van der Waals surface area contributed by atoms with Crippen LogP contribution in [0.3, 0.4) is 0 Å². The van der Waals surface area contributed by atoms with Crippen LogP contribution in [0.1, 0.15) is 5.56 Å². The van der Waals surface area contributed by atoms with Crippen LogP contribution < -0.4 is 10.5 Å². The average molecular weight is 417 g/mol. The van der Waals surface area contributed by atoms with Crippen molar-refractivity contribution in [2.75, 3.05) is 38.0 Å². The van der Waals surface area contributed by atoms with Gasteiger partial charge < -0.3 is 10.2 Å². The molecule has 0 radical (unpaired) electrons. The molecular formula is C20H24N4O2S2. The zero-order chi connectivity index (χ0) is 20.0. The van der Waals surface area contributed by atoms with Gasteiger partial charge in [-0.15, -0.1) is 0 Å². The molecule has 28 heavy (non-hydrogen) atoms. The number of sulfonamides is 1. The van der Waals surface area contributed by atoms with Crippen LogP contribution in [0, 0.1) is 0 Å². The first-order valence-electron chi connectivity index (χ1n) is 9.04. The van der Waals surface area contributed by atoms with Gasteiger partial charge in [-0.3, -0.25) is 4.90 Å². The fraction of sp³-hybridized carbons (Fsp3) is 0.250. The van der Waals surface area contributed by atoms with E-state index in [2.05, 4.69) is 39.4 Å². The van der Waals surface area contributed by atoms with Gasteiger partial charge in [-0.1, -0.05) is 42.5 Å². The smallest absolute Gasteiger partial charge is 0.238 e. The Morgan fingerprint density at radius 1 is 1.04 bits per heavy atom. The van der Waals surface area contributed by atoms with Crippen molar-refractivity contribution in [2.45, 2.75) is 4.90 Å². The van der Waals surface area contributed by atoms with Gasteiger partial charge in [-0.2, -0.15) is 0 Å². The van der Waals surface area contributed by atoms with E-state index in [4.69, 9.17) is 17.4 Å². The number of rotatable bonds is 5. The molecular weight excluding hydrogens is 392 g/mol. The molecule has 0 amide bonds. The number of thiocarbonyl (C=S) groups is 1. The topological polar surface area (TPSA) is 78.7 Å². The molecule has 1 saturated heterocycles. The van der Waals surface area contributed by atoms with Crippen LogP contribution in [0.25, 0.3) is 6.08 Å². The second kappa shape index (κ2) is 9.29. The molecule has 6 nitrogen and oxygen atoms in total. The van der Waals surface area contributed by atoms with Crippen LogP contribution in [-0.4, -0.2) is 56.1 Å². The van der Waals surface area contributed by atoms with Crippen molar-refractivity contribution in [1.29, 1.82) is 0 Å². The van der Waals surface area contributed by atoms with Gasteiger partial charge in [0.1, 0.15) is 0 Å². The van der Waals surface area contributed by atoms with Crippen LogP contribution >= 0.6 is 12.2 Å². The highest BCUT2D eigenvalue weighted by Gasteiger charge is 2.18. The lowest BCUT2D eigenvalue weighted by Crippen LogP contribution is -2.49. The molecule has 0 unspecified atom stereocenters. The fourth-order valence-electron chi connectivity index (χ4n) is 2.97. The Bertz CT molecular complexity index is 920. The highest BCUT2D eigenvalue weighted by atomic mass is 32.2. The van der Waals surface area contributed by atoms with Crippen LogP contribution in [0.4, 0.5) is 5.69 Å². The molecule has 8 heteroatoms. The first-order chi connectivity index (χ1) is 13.4. The molecule has 0 saturated carbocycles. The summed E-state index contributed by atoms with van der Waals surface area (Å²) >= 11 is 5.49. The van der Waals surface area contributed by atoms with Gasteiger partial charge in [-0.25, -0.2) is 13.6 Å². The fourth-order valence-corrected chi connectivity index (χ4v) is 3.78. The Hall–Kier alpha value is -2.26. The third-order valence-corrected chi connectivity index (χ3v) is 5.86. The summed E-state index contributed by atoms with van der Waals surface area (Å²) in [6.07, 6.45) is 4.33. The molecule has 0 bridgehead atoms. The van der Waals surface area contributed by atoms with Crippen molar-refractivity contribution in [3.05, 3.63) is 66.2 Å². The number of primary sulfonamides is 1. The van der Waals surface area contributed by atoms with Crippen molar-refractivity contribution >= 4 is 39.1 Å². The van der Waals surface area contributed by atoms with E-state index in [1.165, 1.54) is 17.7 Å². The standard InChI is InChI=1S/C20H24N4O2S2/c21-28(25,26)19-10-8-18(9-11-19)22-20(27)24-15-13-23(14-16-24)12-4-7-17-5-2-1-3-6-17/h1-11H,12-16H2,(H,22,27)(H2,21,25,26)/b7-4+. The molecule has 2 aromatic rings. The van der Waals surface area contributed by atoms with Gasteiger partial charge in [0, 0.05) is 38.4 Å². The molecule has 0 aliphatic carbocycles. The summed E-state index contributed by atoms with van der Waals surface area (Å²) < 4.78 is 22.6. The zero-order valence-electron chi connectivity index (χ0n) is 15.5. The number of hydrogen-bond donors (Lipinski definition) is 2.